The topological polar surface area (TPSA) is 30.2 Å². The summed E-state index contributed by atoms with van der Waals surface area (Å²) in [6, 6.07) is 40.9. The van der Waals surface area contributed by atoms with E-state index in [0.717, 1.165) is 50.5 Å². The zero-order valence-electron chi connectivity index (χ0n) is 18.3. The molecule has 0 saturated heterocycles. The van der Waals surface area contributed by atoms with Crippen molar-refractivity contribution in [2.45, 2.75) is 0 Å². The quantitative estimate of drug-likeness (QED) is 0.268. The summed E-state index contributed by atoms with van der Waals surface area (Å²) in [7, 11) is 0. The van der Waals surface area contributed by atoms with Crippen LogP contribution in [0.15, 0.2) is 121 Å². The van der Waals surface area contributed by atoms with E-state index in [1.54, 1.807) is 0 Å². The van der Waals surface area contributed by atoms with Crippen molar-refractivity contribution in [3.05, 3.63) is 126 Å². The van der Waals surface area contributed by atoms with Crippen LogP contribution in [0, 0.1) is 0 Å². The third-order valence-corrected chi connectivity index (χ3v) is 6.16. The van der Waals surface area contributed by atoms with Crippen LogP contribution < -0.4 is 0 Å². The predicted molar refractivity (Wildman–Crippen MR) is 140 cm³/mol. The molecule has 4 aromatic carbocycles. The van der Waals surface area contributed by atoms with Crippen LogP contribution in [-0.2, 0) is 0 Å². The van der Waals surface area contributed by atoms with E-state index in [-0.39, 0.29) is 0 Å². The number of nitrogens with zero attached hydrogens (tertiary/aromatic N) is 3. The van der Waals surface area contributed by atoms with Crippen molar-refractivity contribution in [2.75, 3.05) is 0 Å². The second-order valence-electron chi connectivity index (χ2n) is 8.09. The number of rotatable bonds is 4. The number of fused-ring (bicyclic) bond motifs is 1. The first-order valence-electron chi connectivity index (χ1n) is 11.1. The lowest BCUT2D eigenvalue weighted by atomic mass is 10.0. The van der Waals surface area contributed by atoms with Gasteiger partial charge in [-0.05, 0) is 23.8 Å². The van der Waals surface area contributed by atoms with Gasteiger partial charge < -0.3 is 0 Å². The monoisotopic (exact) mass is 457 g/mol. The molecule has 0 fully saturated rings. The van der Waals surface area contributed by atoms with E-state index < -0.39 is 0 Å². The first kappa shape index (κ1) is 20.4. The molecular formula is C30H20ClN3. The van der Waals surface area contributed by atoms with Crippen molar-refractivity contribution in [3.8, 4) is 44.9 Å². The van der Waals surface area contributed by atoms with E-state index in [1.807, 2.05) is 83.4 Å². The van der Waals surface area contributed by atoms with Gasteiger partial charge in [0, 0.05) is 21.7 Å². The fraction of sp³-hybridized carbons (Fsp3) is 0. The maximum absolute atomic E-state index is 6.22. The fourth-order valence-corrected chi connectivity index (χ4v) is 4.40. The number of benzene rings is 4. The predicted octanol–water partition coefficient (Wildman–Crippen LogP) is 8.05. The Balaban J connectivity index is 1.73. The summed E-state index contributed by atoms with van der Waals surface area (Å²) >= 11 is 6.22. The Labute approximate surface area is 202 Å². The van der Waals surface area contributed by atoms with Crippen molar-refractivity contribution in [3.63, 3.8) is 0 Å². The Bertz CT molecular complexity index is 1570. The van der Waals surface area contributed by atoms with Crippen LogP contribution in [0.25, 0.3) is 50.5 Å². The smallest absolute Gasteiger partial charge is 0.164 e. The van der Waals surface area contributed by atoms with Crippen LogP contribution >= 0.6 is 11.6 Å². The van der Waals surface area contributed by atoms with E-state index >= 15 is 0 Å². The minimum atomic E-state index is 0.699. The molecule has 0 N–H and O–H groups in total. The van der Waals surface area contributed by atoms with E-state index in [4.69, 9.17) is 21.7 Å². The van der Waals surface area contributed by atoms with Gasteiger partial charge in [-0.1, -0.05) is 115 Å². The van der Waals surface area contributed by atoms with E-state index in [1.165, 1.54) is 0 Å². The molecule has 0 aliphatic heterocycles. The Hall–Kier alpha value is -4.21. The molecule has 0 saturated carbocycles. The van der Waals surface area contributed by atoms with Gasteiger partial charge in [0.25, 0.3) is 0 Å². The summed E-state index contributed by atoms with van der Waals surface area (Å²) < 4.78 is 1.97. The van der Waals surface area contributed by atoms with Crippen LogP contribution in [0.5, 0.6) is 0 Å². The minimum absolute atomic E-state index is 0.699. The Morgan fingerprint density at radius 2 is 1.12 bits per heavy atom. The molecule has 2 heterocycles. The van der Waals surface area contributed by atoms with Crippen LogP contribution in [0.1, 0.15) is 0 Å². The van der Waals surface area contributed by atoms with Gasteiger partial charge in [-0.15, -0.1) is 0 Å². The standard InChI is InChI=1S/C30H20ClN3/c31-25-18-16-23(17-19-25)28-29(24-14-8-3-9-15-24)33-34-27(22-12-6-2-7-13-22)20-26(32-30(28)34)21-10-4-1-5-11-21/h1-20H. The van der Waals surface area contributed by atoms with Crippen molar-refractivity contribution in [1.82, 2.24) is 14.6 Å². The van der Waals surface area contributed by atoms with Crippen LogP contribution in [-0.4, -0.2) is 14.6 Å². The van der Waals surface area contributed by atoms with Gasteiger partial charge in [0.2, 0.25) is 0 Å². The van der Waals surface area contributed by atoms with Crippen LogP contribution in [0.2, 0.25) is 5.02 Å². The molecule has 3 nitrogen and oxygen atoms in total. The lowest BCUT2D eigenvalue weighted by molar-refractivity contribution is 0.953. The number of hydrogen-bond donors (Lipinski definition) is 0. The Kier molecular flexibility index (Phi) is 5.17. The van der Waals surface area contributed by atoms with Gasteiger partial charge >= 0.3 is 0 Å². The highest BCUT2D eigenvalue weighted by molar-refractivity contribution is 6.30. The van der Waals surface area contributed by atoms with Crippen molar-refractivity contribution >= 4 is 17.2 Å². The third-order valence-electron chi connectivity index (χ3n) is 5.91. The summed E-state index contributed by atoms with van der Waals surface area (Å²) in [4.78, 5) is 5.14. The highest BCUT2D eigenvalue weighted by Gasteiger charge is 2.21. The van der Waals surface area contributed by atoms with E-state index in [9.17, 15) is 0 Å². The normalized spacial score (nSPS) is 11.1. The molecule has 0 aliphatic carbocycles. The number of hydrogen-bond acceptors (Lipinski definition) is 2. The molecule has 0 spiro atoms. The van der Waals surface area contributed by atoms with Crippen molar-refractivity contribution in [2.24, 2.45) is 0 Å². The molecule has 4 heteroatoms. The minimum Gasteiger partial charge on any atom is -0.228 e. The summed E-state index contributed by atoms with van der Waals surface area (Å²) in [5.74, 6) is 0. The highest BCUT2D eigenvalue weighted by Crippen LogP contribution is 2.38. The highest BCUT2D eigenvalue weighted by atomic mass is 35.5. The molecule has 0 aliphatic rings. The van der Waals surface area contributed by atoms with Gasteiger partial charge in [-0.2, -0.15) is 5.10 Å². The molecule has 6 aromatic rings. The summed E-state index contributed by atoms with van der Waals surface area (Å²) in [5.41, 5.74) is 8.78. The average Bonchev–Trinajstić information content (AvgIpc) is 3.30. The summed E-state index contributed by atoms with van der Waals surface area (Å²) in [6.45, 7) is 0. The van der Waals surface area contributed by atoms with Crippen molar-refractivity contribution < 1.29 is 0 Å². The van der Waals surface area contributed by atoms with Gasteiger partial charge in [-0.3, -0.25) is 0 Å². The molecule has 2 aromatic heterocycles. The van der Waals surface area contributed by atoms with Crippen molar-refractivity contribution in [1.29, 1.82) is 0 Å². The Morgan fingerprint density at radius 1 is 0.559 bits per heavy atom. The summed E-state index contributed by atoms with van der Waals surface area (Å²) in [5, 5.41) is 5.81. The maximum atomic E-state index is 6.22. The summed E-state index contributed by atoms with van der Waals surface area (Å²) in [6.07, 6.45) is 0. The van der Waals surface area contributed by atoms with Crippen LogP contribution in [0.4, 0.5) is 0 Å². The third kappa shape index (κ3) is 3.66. The second-order valence-corrected chi connectivity index (χ2v) is 8.53. The largest absolute Gasteiger partial charge is 0.228 e. The molecule has 34 heavy (non-hydrogen) atoms. The average molecular weight is 458 g/mol. The van der Waals surface area contributed by atoms with Gasteiger partial charge in [0.15, 0.2) is 5.65 Å². The lowest BCUT2D eigenvalue weighted by Gasteiger charge is -2.10. The molecule has 0 radical (unpaired) electrons. The lowest BCUT2D eigenvalue weighted by Crippen LogP contribution is -1.98. The molecule has 0 unspecified atom stereocenters. The first-order valence-corrected chi connectivity index (χ1v) is 11.5. The number of aromatic nitrogens is 3. The van der Waals surface area contributed by atoms with E-state index in [0.29, 0.717) is 5.02 Å². The maximum Gasteiger partial charge on any atom is 0.164 e. The Morgan fingerprint density at radius 3 is 1.74 bits per heavy atom. The molecule has 6 rings (SSSR count). The first-order chi connectivity index (χ1) is 16.8. The zero-order valence-corrected chi connectivity index (χ0v) is 19.0. The molecule has 162 valence electrons. The van der Waals surface area contributed by atoms with Gasteiger partial charge in [-0.25, -0.2) is 9.50 Å². The zero-order chi connectivity index (χ0) is 22.9. The second kappa shape index (κ2) is 8.62. The van der Waals surface area contributed by atoms with Gasteiger partial charge in [0.05, 0.1) is 17.0 Å². The number of halogens is 1. The molecule has 0 atom stereocenters. The molecule has 0 amide bonds. The molecular weight excluding hydrogens is 438 g/mol. The molecule has 0 bridgehead atoms. The SMILES string of the molecule is Clc1ccc(-c2c(-c3ccccc3)nn3c(-c4ccccc4)cc(-c4ccccc4)nc23)cc1. The van der Waals surface area contributed by atoms with Gasteiger partial charge in [0.1, 0.15) is 5.69 Å². The van der Waals surface area contributed by atoms with E-state index in [2.05, 4.69) is 42.5 Å². The fourth-order valence-electron chi connectivity index (χ4n) is 4.27. The van der Waals surface area contributed by atoms with Crippen LogP contribution in [0.3, 0.4) is 0 Å².